The van der Waals surface area contributed by atoms with E-state index in [0.29, 0.717) is 0 Å². The normalized spacial score (nSPS) is 16.5. The molecule has 4 heteroatoms. The molecule has 0 bridgehead atoms. The fourth-order valence-corrected chi connectivity index (χ4v) is 3.44. The van der Waals surface area contributed by atoms with Gasteiger partial charge in [-0.3, -0.25) is 0 Å². The zero-order chi connectivity index (χ0) is 14.2. The first-order valence-corrected chi connectivity index (χ1v) is 7.73. The predicted molar refractivity (Wildman–Crippen MR) is 85.5 cm³/mol. The summed E-state index contributed by atoms with van der Waals surface area (Å²) in [4.78, 5) is 4.72. The highest BCUT2D eigenvalue weighted by Gasteiger charge is 2.26. The molecule has 1 atom stereocenters. The van der Waals surface area contributed by atoms with Gasteiger partial charge in [0.05, 0.1) is 5.69 Å². The maximum atomic E-state index is 5.99. The molecule has 21 heavy (non-hydrogen) atoms. The van der Waals surface area contributed by atoms with Crippen LogP contribution in [-0.2, 0) is 6.42 Å². The number of aromatic nitrogens is 1. The van der Waals surface area contributed by atoms with Gasteiger partial charge in [0, 0.05) is 23.1 Å². The van der Waals surface area contributed by atoms with E-state index in [9.17, 15) is 0 Å². The number of rotatable bonds is 2. The first kappa shape index (κ1) is 12.4. The van der Waals surface area contributed by atoms with Crippen molar-refractivity contribution in [1.29, 1.82) is 0 Å². The van der Waals surface area contributed by atoms with Crippen molar-refractivity contribution in [1.82, 2.24) is 4.98 Å². The van der Waals surface area contributed by atoms with Crippen LogP contribution >= 0.6 is 11.3 Å². The number of anilines is 1. The molecule has 2 N–H and O–H groups in total. The second-order valence-corrected chi connectivity index (χ2v) is 6.00. The van der Waals surface area contributed by atoms with Gasteiger partial charge >= 0.3 is 0 Å². The standard InChI is InChI=1S/C17H14N2OS/c18-13-6-3-5-11(8-13)14-10-21-17(19-14)16-9-12-4-1-2-7-15(12)20-16/h1-8,10,16H,9,18H2. The Morgan fingerprint density at radius 3 is 2.90 bits per heavy atom. The van der Waals surface area contributed by atoms with Crippen LogP contribution in [0.25, 0.3) is 11.3 Å². The van der Waals surface area contributed by atoms with Crippen LogP contribution in [0.15, 0.2) is 53.9 Å². The second kappa shape index (κ2) is 4.90. The highest BCUT2D eigenvalue weighted by atomic mass is 32.1. The van der Waals surface area contributed by atoms with E-state index >= 15 is 0 Å². The van der Waals surface area contributed by atoms with Gasteiger partial charge in [-0.2, -0.15) is 0 Å². The summed E-state index contributed by atoms with van der Waals surface area (Å²) in [6.07, 6.45) is 0.919. The molecule has 0 saturated heterocycles. The SMILES string of the molecule is Nc1cccc(-c2csc(C3Cc4ccccc4O3)n2)c1. The minimum Gasteiger partial charge on any atom is -0.483 e. The van der Waals surface area contributed by atoms with E-state index in [4.69, 9.17) is 15.5 Å². The van der Waals surface area contributed by atoms with E-state index < -0.39 is 0 Å². The summed E-state index contributed by atoms with van der Waals surface area (Å²) in [6.45, 7) is 0. The number of hydrogen-bond acceptors (Lipinski definition) is 4. The van der Waals surface area contributed by atoms with E-state index in [-0.39, 0.29) is 6.10 Å². The van der Waals surface area contributed by atoms with Gasteiger partial charge in [-0.25, -0.2) is 4.98 Å². The molecule has 2 aromatic carbocycles. The van der Waals surface area contributed by atoms with Crippen LogP contribution in [0.2, 0.25) is 0 Å². The van der Waals surface area contributed by atoms with Crippen LogP contribution in [0, 0.1) is 0 Å². The van der Waals surface area contributed by atoms with Crippen molar-refractivity contribution in [2.45, 2.75) is 12.5 Å². The van der Waals surface area contributed by atoms with Gasteiger partial charge in [0.25, 0.3) is 0 Å². The summed E-state index contributed by atoms with van der Waals surface area (Å²) in [6, 6.07) is 16.0. The molecule has 3 nitrogen and oxygen atoms in total. The molecule has 0 fully saturated rings. The number of ether oxygens (including phenoxy) is 1. The number of nitrogen functional groups attached to an aromatic ring is 1. The summed E-state index contributed by atoms with van der Waals surface area (Å²) >= 11 is 1.64. The zero-order valence-electron chi connectivity index (χ0n) is 11.3. The second-order valence-electron chi connectivity index (χ2n) is 5.11. The molecule has 4 rings (SSSR count). The van der Waals surface area contributed by atoms with Crippen molar-refractivity contribution in [3.05, 3.63) is 64.5 Å². The van der Waals surface area contributed by atoms with E-state index in [2.05, 4.69) is 11.4 Å². The average molecular weight is 294 g/mol. The Morgan fingerprint density at radius 2 is 2.05 bits per heavy atom. The summed E-state index contributed by atoms with van der Waals surface area (Å²) in [5.74, 6) is 0.975. The molecular formula is C17H14N2OS. The average Bonchev–Trinajstić information content (AvgIpc) is 3.14. The summed E-state index contributed by atoms with van der Waals surface area (Å²) in [5.41, 5.74) is 9.85. The molecule has 1 aromatic heterocycles. The Labute approximate surface area is 127 Å². The molecule has 3 aromatic rings. The lowest BCUT2D eigenvalue weighted by molar-refractivity contribution is 0.238. The quantitative estimate of drug-likeness (QED) is 0.725. The monoisotopic (exact) mass is 294 g/mol. The van der Waals surface area contributed by atoms with Crippen molar-refractivity contribution in [2.75, 3.05) is 5.73 Å². The molecular weight excluding hydrogens is 280 g/mol. The van der Waals surface area contributed by atoms with Crippen LogP contribution < -0.4 is 10.5 Å². The van der Waals surface area contributed by atoms with Gasteiger partial charge < -0.3 is 10.5 Å². The lowest BCUT2D eigenvalue weighted by Gasteiger charge is -2.06. The molecule has 104 valence electrons. The fourth-order valence-electron chi connectivity index (χ4n) is 2.59. The Balaban J connectivity index is 1.62. The van der Waals surface area contributed by atoms with Crippen LogP contribution in [0.3, 0.4) is 0 Å². The van der Waals surface area contributed by atoms with Crippen molar-refractivity contribution in [3.8, 4) is 17.0 Å². The predicted octanol–water partition coefficient (Wildman–Crippen LogP) is 4.07. The number of thiazole rings is 1. The number of hydrogen-bond donors (Lipinski definition) is 1. The number of para-hydroxylation sites is 1. The van der Waals surface area contributed by atoms with Crippen LogP contribution in [0.5, 0.6) is 5.75 Å². The summed E-state index contributed by atoms with van der Waals surface area (Å²) in [7, 11) is 0. The summed E-state index contributed by atoms with van der Waals surface area (Å²) < 4.78 is 5.99. The smallest absolute Gasteiger partial charge is 0.154 e. The fraction of sp³-hybridized carbons (Fsp3) is 0.118. The van der Waals surface area contributed by atoms with E-state index in [1.54, 1.807) is 11.3 Å². The minimum atomic E-state index is 0.0298. The van der Waals surface area contributed by atoms with Gasteiger partial charge in [0.1, 0.15) is 10.8 Å². The molecule has 1 aliphatic rings. The van der Waals surface area contributed by atoms with E-state index in [1.165, 1.54) is 5.56 Å². The van der Waals surface area contributed by atoms with Gasteiger partial charge in [-0.1, -0.05) is 30.3 Å². The molecule has 0 saturated carbocycles. The van der Waals surface area contributed by atoms with Crippen molar-refractivity contribution >= 4 is 17.0 Å². The molecule has 0 amide bonds. The van der Waals surface area contributed by atoms with Gasteiger partial charge in [0.15, 0.2) is 6.10 Å². The lowest BCUT2D eigenvalue weighted by Crippen LogP contribution is -2.02. The molecule has 2 heterocycles. The maximum absolute atomic E-state index is 5.99. The van der Waals surface area contributed by atoms with Crippen molar-refractivity contribution in [3.63, 3.8) is 0 Å². The molecule has 0 radical (unpaired) electrons. The topological polar surface area (TPSA) is 48.1 Å². The first-order valence-electron chi connectivity index (χ1n) is 6.85. The Morgan fingerprint density at radius 1 is 1.14 bits per heavy atom. The third-order valence-corrected chi connectivity index (χ3v) is 4.56. The third-order valence-electron chi connectivity index (χ3n) is 3.63. The zero-order valence-corrected chi connectivity index (χ0v) is 12.1. The van der Waals surface area contributed by atoms with Crippen LogP contribution in [0.4, 0.5) is 5.69 Å². The van der Waals surface area contributed by atoms with Gasteiger partial charge in [0.2, 0.25) is 0 Å². The number of fused-ring (bicyclic) bond motifs is 1. The van der Waals surface area contributed by atoms with Crippen molar-refractivity contribution in [2.24, 2.45) is 0 Å². The van der Waals surface area contributed by atoms with Gasteiger partial charge in [-0.15, -0.1) is 11.3 Å². The lowest BCUT2D eigenvalue weighted by atomic mass is 10.1. The highest BCUT2D eigenvalue weighted by Crippen LogP contribution is 2.38. The molecule has 1 unspecified atom stereocenters. The highest BCUT2D eigenvalue weighted by molar-refractivity contribution is 7.10. The third kappa shape index (κ3) is 2.28. The van der Waals surface area contributed by atoms with E-state index in [1.807, 2.05) is 42.5 Å². The maximum Gasteiger partial charge on any atom is 0.154 e. The molecule has 0 spiro atoms. The number of nitrogens with zero attached hydrogens (tertiary/aromatic N) is 1. The minimum absolute atomic E-state index is 0.0298. The van der Waals surface area contributed by atoms with E-state index in [0.717, 1.165) is 34.1 Å². The number of benzene rings is 2. The Bertz CT molecular complexity index is 772. The number of nitrogens with two attached hydrogens (primary N) is 1. The Hall–Kier alpha value is -2.33. The van der Waals surface area contributed by atoms with Crippen LogP contribution in [-0.4, -0.2) is 4.98 Å². The first-order chi connectivity index (χ1) is 10.3. The molecule has 0 aliphatic carbocycles. The molecule has 1 aliphatic heterocycles. The van der Waals surface area contributed by atoms with Crippen molar-refractivity contribution < 1.29 is 4.74 Å². The van der Waals surface area contributed by atoms with Crippen LogP contribution in [0.1, 0.15) is 16.7 Å². The van der Waals surface area contributed by atoms with Gasteiger partial charge in [-0.05, 0) is 23.8 Å². The Kier molecular flexibility index (Phi) is 2.89. The largest absolute Gasteiger partial charge is 0.483 e. The summed E-state index contributed by atoms with van der Waals surface area (Å²) in [5, 5.41) is 3.08.